The van der Waals surface area contributed by atoms with Crippen molar-refractivity contribution in [1.29, 1.82) is 0 Å². The molecule has 0 unspecified atom stereocenters. The van der Waals surface area contributed by atoms with Gasteiger partial charge < -0.3 is 30.5 Å². The zero-order valence-corrected chi connectivity index (χ0v) is 23.7. The Balaban J connectivity index is 0.000000316. The van der Waals surface area contributed by atoms with Crippen molar-refractivity contribution in [2.24, 2.45) is 0 Å². The van der Waals surface area contributed by atoms with Gasteiger partial charge in [-0.15, -0.1) is 0 Å². The summed E-state index contributed by atoms with van der Waals surface area (Å²) in [6.45, 7) is 3.89. The Bertz CT molecular complexity index is 1310. The minimum atomic E-state index is -2.74. The van der Waals surface area contributed by atoms with E-state index in [1.807, 2.05) is 6.07 Å². The van der Waals surface area contributed by atoms with Gasteiger partial charge in [0.1, 0.15) is 11.6 Å². The van der Waals surface area contributed by atoms with E-state index in [1.165, 1.54) is 36.1 Å². The Morgan fingerprint density at radius 1 is 1.00 bits per heavy atom. The third-order valence-corrected chi connectivity index (χ3v) is 7.69. The zero-order chi connectivity index (χ0) is 31.1. The minimum Gasteiger partial charge on any atom is -0.496 e. The third-order valence-electron chi connectivity index (χ3n) is 7.69. The summed E-state index contributed by atoms with van der Waals surface area (Å²) in [7, 11) is 1.73. The highest BCUT2D eigenvalue weighted by Crippen LogP contribution is 2.36. The maximum absolute atomic E-state index is 14.6. The number of methoxy groups -OCH3 is 1. The Labute approximate surface area is 242 Å². The van der Waals surface area contributed by atoms with Crippen LogP contribution in [0.2, 0.25) is 0 Å². The molecule has 1 amide bonds. The summed E-state index contributed by atoms with van der Waals surface area (Å²) in [6, 6.07) is 11.3. The molecule has 228 valence electrons. The smallest absolute Gasteiger partial charge is 0.336 e. The molecule has 0 radical (unpaired) electrons. The van der Waals surface area contributed by atoms with Crippen molar-refractivity contribution in [3.8, 4) is 5.75 Å². The van der Waals surface area contributed by atoms with Crippen molar-refractivity contribution in [3.05, 3.63) is 64.5 Å². The Morgan fingerprint density at radius 3 is 2.07 bits per heavy atom. The number of ether oxygens (including phenoxy) is 1. The number of hydrogen-bond donors (Lipinski definition) is 5. The average Bonchev–Trinajstić information content (AvgIpc) is 3.36. The van der Waals surface area contributed by atoms with Crippen LogP contribution in [0.5, 0.6) is 5.75 Å². The molecule has 1 fully saturated rings. The summed E-state index contributed by atoms with van der Waals surface area (Å²) in [4.78, 5) is 44.8. The van der Waals surface area contributed by atoms with Gasteiger partial charge in [-0.1, -0.05) is 24.3 Å². The fourth-order valence-electron chi connectivity index (χ4n) is 5.66. The van der Waals surface area contributed by atoms with Crippen molar-refractivity contribution in [2.75, 3.05) is 20.2 Å². The molecular weight excluding hydrogens is 551 g/mol. The molecule has 0 aromatic heterocycles. The number of likely N-dealkylation sites (tertiary alicyclic amines) is 1. The number of nitrogens with one attached hydrogen (secondary N) is 1. The molecule has 2 aromatic carbocycles. The number of aliphatic carboxylic acids is 3. The first-order valence-corrected chi connectivity index (χ1v) is 13.6. The molecule has 12 heteroatoms. The first kappa shape index (κ1) is 32.5. The first-order chi connectivity index (χ1) is 19.8. The molecule has 2 aromatic rings. The van der Waals surface area contributed by atoms with Crippen LogP contribution in [-0.4, -0.2) is 74.9 Å². The van der Waals surface area contributed by atoms with Crippen LogP contribution in [0.15, 0.2) is 36.4 Å². The van der Waals surface area contributed by atoms with Crippen LogP contribution in [-0.2, 0) is 44.1 Å². The van der Waals surface area contributed by atoms with E-state index >= 15 is 0 Å². The van der Waals surface area contributed by atoms with E-state index in [0.29, 0.717) is 18.4 Å². The molecular formula is C30H37FN2O9. The van der Waals surface area contributed by atoms with Gasteiger partial charge in [-0.25, -0.2) is 9.18 Å². The summed E-state index contributed by atoms with van der Waals surface area (Å²) in [5, 5.41) is 36.9. The number of amides is 1. The molecule has 42 heavy (non-hydrogen) atoms. The van der Waals surface area contributed by atoms with Gasteiger partial charge in [0.25, 0.3) is 0 Å². The molecule has 0 atom stereocenters. The summed E-state index contributed by atoms with van der Waals surface area (Å²) in [5.41, 5.74) is 1.27. The minimum absolute atomic E-state index is 0.123. The number of halogens is 1. The molecule has 1 heterocycles. The van der Waals surface area contributed by atoms with Crippen LogP contribution >= 0.6 is 0 Å². The number of nitrogens with zero attached hydrogens (tertiary/aromatic N) is 1. The fraction of sp³-hybridized carbons (Fsp3) is 0.467. The van der Waals surface area contributed by atoms with E-state index in [9.17, 15) is 23.6 Å². The zero-order valence-electron chi connectivity index (χ0n) is 23.7. The van der Waals surface area contributed by atoms with Gasteiger partial charge in [-0.05, 0) is 55.4 Å². The fourth-order valence-corrected chi connectivity index (χ4v) is 5.66. The van der Waals surface area contributed by atoms with Gasteiger partial charge in [-0.3, -0.25) is 19.3 Å². The second-order valence-corrected chi connectivity index (χ2v) is 10.8. The van der Waals surface area contributed by atoms with Crippen LogP contribution in [0.1, 0.15) is 61.3 Å². The number of carbonyl (C=O) groups is 4. The molecule has 4 rings (SSSR count). The Morgan fingerprint density at radius 2 is 1.57 bits per heavy atom. The third kappa shape index (κ3) is 8.04. The monoisotopic (exact) mass is 588 g/mol. The predicted molar refractivity (Wildman–Crippen MR) is 149 cm³/mol. The van der Waals surface area contributed by atoms with Crippen LogP contribution in [0.4, 0.5) is 4.39 Å². The molecule has 11 nitrogen and oxygen atoms in total. The molecule has 1 aliphatic heterocycles. The van der Waals surface area contributed by atoms with Gasteiger partial charge in [0.05, 0.1) is 25.5 Å². The highest BCUT2D eigenvalue weighted by atomic mass is 19.1. The number of benzene rings is 2. The lowest BCUT2D eigenvalue weighted by Gasteiger charge is -2.43. The maximum atomic E-state index is 14.6. The number of hydrogen-bond acceptors (Lipinski definition) is 7. The molecule has 0 saturated carbocycles. The number of aliphatic hydroxyl groups is 1. The lowest BCUT2D eigenvalue weighted by molar-refractivity contribution is -0.170. The molecule has 2 aliphatic rings. The van der Waals surface area contributed by atoms with Gasteiger partial charge in [0.15, 0.2) is 5.60 Å². The van der Waals surface area contributed by atoms with Crippen molar-refractivity contribution in [1.82, 2.24) is 10.2 Å². The van der Waals surface area contributed by atoms with E-state index in [4.69, 9.17) is 25.2 Å². The Hall–Kier alpha value is -4.03. The van der Waals surface area contributed by atoms with E-state index in [0.717, 1.165) is 38.2 Å². The normalized spacial score (nSPS) is 16.0. The molecule has 0 spiro atoms. The SMILES string of the molecule is COc1cc2c(cc1CN1CCC(NC(C)=O)(c3ccccc3F)CC1)CCC2.O=C(O)CC(O)(CC(=O)O)C(=O)O. The Kier molecular flexibility index (Phi) is 10.6. The number of piperidine rings is 1. The number of carbonyl (C=O) groups excluding carboxylic acids is 1. The summed E-state index contributed by atoms with van der Waals surface area (Å²) in [6.07, 6.45) is 2.57. The number of rotatable bonds is 10. The number of fused-ring (bicyclic) bond motifs is 1. The van der Waals surface area contributed by atoms with Gasteiger partial charge in [0.2, 0.25) is 5.91 Å². The van der Waals surface area contributed by atoms with E-state index in [2.05, 4.69) is 22.3 Å². The lowest BCUT2D eigenvalue weighted by atomic mass is 9.80. The van der Waals surface area contributed by atoms with E-state index < -0.39 is 41.9 Å². The highest BCUT2D eigenvalue weighted by molar-refractivity contribution is 5.88. The largest absolute Gasteiger partial charge is 0.496 e. The van der Waals surface area contributed by atoms with E-state index in [-0.39, 0.29) is 11.7 Å². The van der Waals surface area contributed by atoms with Gasteiger partial charge in [-0.2, -0.15) is 0 Å². The highest BCUT2D eigenvalue weighted by Gasteiger charge is 2.41. The van der Waals surface area contributed by atoms with E-state index in [1.54, 1.807) is 19.2 Å². The quantitative estimate of drug-likeness (QED) is 0.278. The van der Waals surface area contributed by atoms with Crippen molar-refractivity contribution in [2.45, 2.75) is 69.6 Å². The van der Waals surface area contributed by atoms with Gasteiger partial charge in [0, 0.05) is 37.7 Å². The molecule has 0 bridgehead atoms. The maximum Gasteiger partial charge on any atom is 0.336 e. The van der Waals surface area contributed by atoms with Crippen LogP contribution in [0.3, 0.4) is 0 Å². The average molecular weight is 589 g/mol. The summed E-state index contributed by atoms with van der Waals surface area (Å²) >= 11 is 0. The standard InChI is InChI=1S/C24H29FN2O2.C6H8O7/c1-17(28)26-24(21-8-3-4-9-22(21)25)10-12-27(13-11-24)16-20-14-18-6-5-7-19(18)15-23(20)29-2;7-3(8)1-6(13,5(11)12)2-4(9)10/h3-4,8-9,14-15H,5-7,10-13,16H2,1-2H3,(H,26,28);13H,1-2H2,(H,7,8)(H,9,10)(H,11,12). The van der Waals surface area contributed by atoms with Crippen molar-refractivity contribution in [3.63, 3.8) is 0 Å². The second-order valence-electron chi connectivity index (χ2n) is 10.8. The van der Waals surface area contributed by atoms with Crippen LogP contribution in [0, 0.1) is 5.82 Å². The molecule has 1 saturated heterocycles. The topological polar surface area (TPSA) is 174 Å². The second kappa shape index (κ2) is 13.8. The summed E-state index contributed by atoms with van der Waals surface area (Å²) < 4.78 is 20.2. The first-order valence-electron chi connectivity index (χ1n) is 13.6. The van der Waals surface area contributed by atoms with Gasteiger partial charge >= 0.3 is 17.9 Å². The number of carboxylic acids is 3. The molecule has 5 N–H and O–H groups in total. The van der Waals surface area contributed by atoms with Crippen molar-refractivity contribution >= 4 is 23.8 Å². The van der Waals surface area contributed by atoms with Crippen LogP contribution < -0.4 is 10.1 Å². The van der Waals surface area contributed by atoms with Crippen LogP contribution in [0.25, 0.3) is 0 Å². The van der Waals surface area contributed by atoms with Crippen molar-refractivity contribution < 1.29 is 48.7 Å². The number of aryl methyl sites for hydroxylation is 2. The predicted octanol–water partition coefficient (Wildman–Crippen LogP) is 2.70. The molecule has 1 aliphatic carbocycles. The lowest BCUT2D eigenvalue weighted by Crippen LogP contribution is -2.52. The summed E-state index contributed by atoms with van der Waals surface area (Å²) in [5.74, 6) is -4.44. The number of carboxylic acid groups (broad SMARTS) is 3.